The van der Waals surface area contributed by atoms with E-state index in [1.165, 1.54) is 50.6 Å². The zero-order valence-electron chi connectivity index (χ0n) is 14.8. The van der Waals surface area contributed by atoms with Crippen molar-refractivity contribution in [3.63, 3.8) is 0 Å². The first-order valence-corrected chi connectivity index (χ1v) is 7.90. The summed E-state index contributed by atoms with van der Waals surface area (Å²) in [5.74, 6) is -0.948. The Morgan fingerprint density at radius 3 is 2.50 bits per heavy atom. The number of fused-ring (bicyclic) bond motifs is 1. The fraction of sp³-hybridized carbons (Fsp3) is 0.222. The third kappa shape index (κ3) is 4.22. The van der Waals surface area contributed by atoms with Crippen LogP contribution in [0, 0.1) is 0 Å². The van der Waals surface area contributed by atoms with E-state index >= 15 is 0 Å². The van der Waals surface area contributed by atoms with Crippen molar-refractivity contribution in [2.45, 2.75) is 6.29 Å². The van der Waals surface area contributed by atoms with Gasteiger partial charge in [-0.05, 0) is 30.3 Å². The molecule has 28 heavy (non-hydrogen) atoms. The molecule has 0 aromatic heterocycles. The maximum absolute atomic E-state index is 13.0. The molecule has 1 aliphatic heterocycles. The minimum atomic E-state index is -3.74. The zero-order valence-corrected chi connectivity index (χ0v) is 14.8. The molecule has 8 nitrogen and oxygen atoms in total. The van der Waals surface area contributed by atoms with Gasteiger partial charge in [0.25, 0.3) is 5.91 Å². The van der Waals surface area contributed by atoms with E-state index in [2.05, 4.69) is 19.5 Å². The van der Waals surface area contributed by atoms with Gasteiger partial charge in [0.15, 0.2) is 29.6 Å². The molecule has 1 amide bonds. The van der Waals surface area contributed by atoms with Crippen LogP contribution in [0.1, 0.15) is 10.4 Å². The van der Waals surface area contributed by atoms with Crippen molar-refractivity contribution in [3.05, 3.63) is 42.0 Å². The van der Waals surface area contributed by atoms with Crippen molar-refractivity contribution in [1.82, 2.24) is 0 Å². The predicted molar refractivity (Wildman–Crippen MR) is 91.1 cm³/mol. The summed E-state index contributed by atoms with van der Waals surface area (Å²) in [6.45, 7) is -0.390. The summed E-state index contributed by atoms with van der Waals surface area (Å²) in [6, 6.07) is 8.17. The number of benzene rings is 2. The summed E-state index contributed by atoms with van der Waals surface area (Å²) in [5.41, 5.74) is 0.481. The fourth-order valence-corrected chi connectivity index (χ4v) is 2.40. The minimum Gasteiger partial charge on any atom is -0.493 e. The van der Waals surface area contributed by atoms with Crippen LogP contribution in [0.5, 0.6) is 23.0 Å². The van der Waals surface area contributed by atoms with E-state index in [1.54, 1.807) is 0 Å². The van der Waals surface area contributed by atoms with Gasteiger partial charge in [-0.25, -0.2) is 4.79 Å². The highest BCUT2D eigenvalue weighted by Crippen LogP contribution is 2.42. The van der Waals surface area contributed by atoms with Crippen LogP contribution < -0.4 is 24.3 Å². The normalized spacial score (nSPS) is 13.6. The Morgan fingerprint density at radius 1 is 1.04 bits per heavy atom. The predicted octanol–water partition coefficient (Wildman–Crippen LogP) is 2.82. The van der Waals surface area contributed by atoms with E-state index < -0.39 is 24.8 Å². The first kappa shape index (κ1) is 19.2. The number of hydrogen-bond donors (Lipinski definition) is 1. The molecule has 0 radical (unpaired) electrons. The summed E-state index contributed by atoms with van der Waals surface area (Å²) in [7, 11) is 2.63. The number of rotatable bonds is 6. The number of carbonyl (C=O) groups excluding carboxylic acids is 2. The van der Waals surface area contributed by atoms with E-state index in [0.717, 1.165) is 0 Å². The molecule has 3 rings (SSSR count). The summed E-state index contributed by atoms with van der Waals surface area (Å²) in [4.78, 5) is 23.6. The van der Waals surface area contributed by atoms with Crippen molar-refractivity contribution in [2.75, 3.05) is 26.1 Å². The second kappa shape index (κ2) is 7.59. The highest BCUT2D eigenvalue weighted by Gasteiger charge is 2.43. The Hall–Kier alpha value is -3.56. The zero-order chi connectivity index (χ0) is 20.3. The van der Waals surface area contributed by atoms with Gasteiger partial charge >= 0.3 is 12.3 Å². The van der Waals surface area contributed by atoms with Crippen molar-refractivity contribution in [3.8, 4) is 23.0 Å². The summed E-state index contributed by atoms with van der Waals surface area (Å²) >= 11 is 0. The van der Waals surface area contributed by atoms with Crippen molar-refractivity contribution >= 4 is 17.6 Å². The van der Waals surface area contributed by atoms with Crippen molar-refractivity contribution in [1.29, 1.82) is 0 Å². The molecule has 0 atom stereocenters. The lowest BCUT2D eigenvalue weighted by molar-refractivity contribution is -0.286. The van der Waals surface area contributed by atoms with Crippen molar-refractivity contribution in [2.24, 2.45) is 0 Å². The lowest BCUT2D eigenvalue weighted by atomic mass is 10.2. The Labute approximate surface area is 157 Å². The van der Waals surface area contributed by atoms with Gasteiger partial charge in [-0.1, -0.05) is 0 Å². The summed E-state index contributed by atoms with van der Waals surface area (Å²) in [6.07, 6.45) is -3.74. The molecule has 0 spiro atoms. The van der Waals surface area contributed by atoms with Gasteiger partial charge in [-0.3, -0.25) is 4.79 Å². The number of amides is 1. The molecule has 0 bridgehead atoms. The number of anilines is 1. The third-order valence-electron chi connectivity index (χ3n) is 3.63. The molecule has 0 saturated heterocycles. The molecule has 148 valence electrons. The lowest BCUT2D eigenvalue weighted by Crippen LogP contribution is -2.25. The highest BCUT2D eigenvalue weighted by atomic mass is 19.3. The van der Waals surface area contributed by atoms with Gasteiger partial charge in [0, 0.05) is 11.8 Å². The number of nitrogens with one attached hydrogen (secondary N) is 1. The largest absolute Gasteiger partial charge is 0.586 e. The minimum absolute atomic E-state index is 0.130. The molecule has 2 aromatic carbocycles. The van der Waals surface area contributed by atoms with Gasteiger partial charge < -0.3 is 29.0 Å². The number of methoxy groups -OCH3 is 2. The number of ether oxygens (including phenoxy) is 5. The third-order valence-corrected chi connectivity index (χ3v) is 3.63. The average Bonchev–Trinajstić information content (AvgIpc) is 2.98. The molecule has 1 aliphatic rings. The van der Waals surface area contributed by atoms with Gasteiger partial charge in [-0.15, -0.1) is 8.78 Å². The first-order chi connectivity index (χ1) is 13.3. The van der Waals surface area contributed by atoms with Crippen molar-refractivity contribution < 1.29 is 42.1 Å². The monoisotopic (exact) mass is 395 g/mol. The van der Waals surface area contributed by atoms with Crippen LogP contribution in [-0.4, -0.2) is 39.0 Å². The molecule has 0 aliphatic carbocycles. The van der Waals surface area contributed by atoms with E-state index in [0.29, 0.717) is 0 Å². The van der Waals surface area contributed by atoms with Crippen LogP contribution in [0.3, 0.4) is 0 Å². The van der Waals surface area contributed by atoms with Crippen LogP contribution in [0.15, 0.2) is 36.4 Å². The van der Waals surface area contributed by atoms with Crippen LogP contribution in [-0.2, 0) is 9.53 Å². The van der Waals surface area contributed by atoms with E-state index in [9.17, 15) is 18.4 Å². The summed E-state index contributed by atoms with van der Waals surface area (Å²) < 4.78 is 49.8. The molecule has 2 aromatic rings. The standard InChI is InChI=1S/C18H15F2NO7/c1-24-14-7-10(17(23)25-2)3-5-12(14)26-9-16(22)21-11-4-6-13-15(8-11)28-18(19,20)27-13/h3-8H,9H2,1-2H3,(H,21,22). The number of halogens is 2. The Bertz CT molecular complexity index is 917. The van der Waals surface area contributed by atoms with Gasteiger partial charge in [0.1, 0.15) is 0 Å². The second-order valence-corrected chi connectivity index (χ2v) is 5.52. The van der Waals surface area contributed by atoms with E-state index in [1.807, 2.05) is 0 Å². The highest BCUT2D eigenvalue weighted by molar-refractivity contribution is 5.92. The van der Waals surface area contributed by atoms with Crippen LogP contribution >= 0.6 is 0 Å². The maximum atomic E-state index is 13.0. The van der Waals surface area contributed by atoms with Gasteiger partial charge in [0.2, 0.25) is 0 Å². The Morgan fingerprint density at radius 2 is 1.79 bits per heavy atom. The molecule has 0 fully saturated rings. The Kier molecular flexibility index (Phi) is 5.21. The molecule has 10 heteroatoms. The first-order valence-electron chi connectivity index (χ1n) is 7.90. The van der Waals surface area contributed by atoms with E-state index in [-0.39, 0.29) is 34.2 Å². The smallest absolute Gasteiger partial charge is 0.493 e. The molecule has 1 N–H and O–H groups in total. The Balaban J connectivity index is 1.61. The quantitative estimate of drug-likeness (QED) is 0.752. The average molecular weight is 395 g/mol. The molecule has 1 heterocycles. The summed E-state index contributed by atoms with van der Waals surface area (Å²) in [5, 5.41) is 2.49. The fourth-order valence-electron chi connectivity index (χ4n) is 2.40. The van der Waals surface area contributed by atoms with Crippen LogP contribution in [0.2, 0.25) is 0 Å². The molecule has 0 saturated carbocycles. The van der Waals surface area contributed by atoms with Gasteiger partial charge in [0.05, 0.1) is 19.8 Å². The van der Waals surface area contributed by atoms with Crippen LogP contribution in [0.25, 0.3) is 0 Å². The topological polar surface area (TPSA) is 92.3 Å². The molecular formula is C18H15F2NO7. The van der Waals surface area contributed by atoms with E-state index in [4.69, 9.17) is 9.47 Å². The SMILES string of the molecule is COC(=O)c1ccc(OCC(=O)Nc2ccc3c(c2)OC(F)(F)O3)c(OC)c1. The number of esters is 1. The number of hydrogen-bond acceptors (Lipinski definition) is 7. The lowest BCUT2D eigenvalue weighted by Gasteiger charge is -2.12. The molecule has 0 unspecified atom stereocenters. The van der Waals surface area contributed by atoms with Gasteiger partial charge in [-0.2, -0.15) is 0 Å². The number of carbonyl (C=O) groups is 2. The number of alkyl halides is 2. The maximum Gasteiger partial charge on any atom is 0.586 e. The molecular weight excluding hydrogens is 380 g/mol. The van der Waals surface area contributed by atoms with Crippen LogP contribution in [0.4, 0.5) is 14.5 Å². The second-order valence-electron chi connectivity index (χ2n) is 5.52.